The van der Waals surface area contributed by atoms with Gasteiger partial charge in [0.15, 0.2) is 0 Å². The fourth-order valence-corrected chi connectivity index (χ4v) is 2.56. The first-order valence-electron chi connectivity index (χ1n) is 6.70. The van der Waals surface area contributed by atoms with Crippen molar-refractivity contribution in [2.45, 2.75) is 20.8 Å². The first kappa shape index (κ1) is 18.0. The van der Waals surface area contributed by atoms with E-state index >= 15 is 0 Å². The van der Waals surface area contributed by atoms with Crippen molar-refractivity contribution in [2.75, 3.05) is 13.2 Å². The van der Waals surface area contributed by atoms with E-state index in [0.29, 0.717) is 5.56 Å². The highest BCUT2D eigenvalue weighted by atomic mass is 31.2. The molecule has 0 aliphatic carbocycles. The maximum Gasteiger partial charge on any atom is 0.456 e. The highest BCUT2D eigenvalue weighted by molar-refractivity contribution is 7.59. The van der Waals surface area contributed by atoms with Crippen LogP contribution in [0.15, 0.2) is 36.6 Å². The average molecular weight is 322 g/mol. The zero-order chi connectivity index (χ0) is 16.6. The SMILES string of the molecule is C=C(COC(C)=O)OP(=O)(C#Cc1ccc(C)cc1)OCC. The van der Waals surface area contributed by atoms with Crippen LogP contribution in [-0.4, -0.2) is 19.2 Å². The number of benzene rings is 1. The number of esters is 1. The molecule has 0 fully saturated rings. The van der Waals surface area contributed by atoms with E-state index in [9.17, 15) is 9.36 Å². The molecule has 0 aliphatic rings. The summed E-state index contributed by atoms with van der Waals surface area (Å²) in [4.78, 5) is 10.7. The van der Waals surface area contributed by atoms with Gasteiger partial charge in [-0.05, 0) is 26.0 Å². The summed E-state index contributed by atoms with van der Waals surface area (Å²) in [5.74, 6) is 2.29. The maximum absolute atomic E-state index is 12.5. The third-order valence-corrected chi connectivity index (χ3v) is 3.86. The van der Waals surface area contributed by atoms with Crippen molar-refractivity contribution >= 4 is 13.6 Å². The molecule has 0 amide bonds. The molecule has 0 heterocycles. The van der Waals surface area contributed by atoms with Crippen molar-refractivity contribution in [3.63, 3.8) is 0 Å². The second-order valence-corrected chi connectivity index (χ2v) is 6.09. The van der Waals surface area contributed by atoms with Crippen LogP contribution in [0.1, 0.15) is 25.0 Å². The Kier molecular flexibility index (Phi) is 6.91. The van der Waals surface area contributed by atoms with E-state index in [1.54, 1.807) is 6.92 Å². The van der Waals surface area contributed by atoms with Crippen molar-refractivity contribution < 1.29 is 23.1 Å². The van der Waals surface area contributed by atoms with E-state index in [1.807, 2.05) is 31.2 Å². The zero-order valence-electron chi connectivity index (χ0n) is 12.9. The van der Waals surface area contributed by atoms with E-state index in [4.69, 9.17) is 13.8 Å². The summed E-state index contributed by atoms with van der Waals surface area (Å²) in [6.45, 7) is 8.41. The molecule has 0 spiro atoms. The number of hydrogen-bond donors (Lipinski definition) is 0. The van der Waals surface area contributed by atoms with Gasteiger partial charge in [-0.1, -0.05) is 30.2 Å². The summed E-state index contributed by atoms with van der Waals surface area (Å²) in [6.07, 6.45) is 0. The van der Waals surface area contributed by atoms with E-state index in [1.165, 1.54) is 6.92 Å². The molecule has 6 heteroatoms. The minimum Gasteiger partial charge on any atom is -0.458 e. The molecule has 1 aromatic rings. The van der Waals surface area contributed by atoms with Gasteiger partial charge in [-0.3, -0.25) is 9.32 Å². The topological polar surface area (TPSA) is 61.8 Å². The Morgan fingerprint density at radius 3 is 2.50 bits per heavy atom. The molecule has 0 bridgehead atoms. The summed E-state index contributed by atoms with van der Waals surface area (Å²) >= 11 is 0. The van der Waals surface area contributed by atoms with E-state index in [2.05, 4.69) is 18.2 Å². The van der Waals surface area contributed by atoms with Gasteiger partial charge in [0.1, 0.15) is 12.4 Å². The quantitative estimate of drug-likeness (QED) is 0.346. The maximum atomic E-state index is 12.5. The second kappa shape index (κ2) is 8.43. The smallest absolute Gasteiger partial charge is 0.456 e. The van der Waals surface area contributed by atoms with Gasteiger partial charge in [-0.2, -0.15) is 0 Å². The minimum absolute atomic E-state index is 0.0187. The molecular weight excluding hydrogens is 303 g/mol. The van der Waals surface area contributed by atoms with Crippen LogP contribution in [0.5, 0.6) is 0 Å². The van der Waals surface area contributed by atoms with Crippen LogP contribution in [0.3, 0.4) is 0 Å². The molecule has 0 aliphatic heterocycles. The molecule has 118 valence electrons. The number of carbonyl (C=O) groups is 1. The van der Waals surface area contributed by atoms with Crippen molar-refractivity contribution in [1.29, 1.82) is 0 Å². The number of carbonyl (C=O) groups excluding carboxylic acids is 1. The zero-order valence-corrected chi connectivity index (χ0v) is 13.8. The van der Waals surface area contributed by atoms with Crippen LogP contribution in [-0.2, 0) is 23.1 Å². The van der Waals surface area contributed by atoms with Crippen molar-refractivity contribution in [2.24, 2.45) is 0 Å². The van der Waals surface area contributed by atoms with Gasteiger partial charge in [0, 0.05) is 18.1 Å². The largest absolute Gasteiger partial charge is 0.458 e. The average Bonchev–Trinajstić information content (AvgIpc) is 2.45. The highest BCUT2D eigenvalue weighted by Gasteiger charge is 2.23. The lowest BCUT2D eigenvalue weighted by atomic mass is 10.2. The van der Waals surface area contributed by atoms with Crippen LogP contribution in [0.4, 0.5) is 0 Å². The predicted octanol–water partition coefficient (Wildman–Crippen LogP) is 3.63. The standard InChI is InChI=1S/C16H19O5P/c1-5-20-22(18,21-14(3)12-19-15(4)17)11-10-16-8-6-13(2)7-9-16/h6-9H,3,5,12H2,1-2,4H3. The van der Waals surface area contributed by atoms with Gasteiger partial charge in [-0.25, -0.2) is 4.57 Å². The van der Waals surface area contributed by atoms with Crippen LogP contribution in [0.2, 0.25) is 0 Å². The normalized spacial score (nSPS) is 12.5. The van der Waals surface area contributed by atoms with Crippen molar-refractivity contribution in [1.82, 2.24) is 0 Å². The van der Waals surface area contributed by atoms with Gasteiger partial charge in [0.25, 0.3) is 0 Å². The van der Waals surface area contributed by atoms with Gasteiger partial charge < -0.3 is 9.26 Å². The Balaban J connectivity index is 2.82. The molecule has 22 heavy (non-hydrogen) atoms. The minimum atomic E-state index is -3.66. The molecule has 1 aromatic carbocycles. The van der Waals surface area contributed by atoms with E-state index < -0.39 is 13.6 Å². The van der Waals surface area contributed by atoms with Crippen LogP contribution in [0, 0.1) is 18.5 Å². The Labute approximate surface area is 130 Å². The Morgan fingerprint density at radius 1 is 1.32 bits per heavy atom. The lowest BCUT2D eigenvalue weighted by Gasteiger charge is -2.14. The summed E-state index contributed by atoms with van der Waals surface area (Å²) in [5.41, 5.74) is 4.31. The van der Waals surface area contributed by atoms with Crippen LogP contribution < -0.4 is 0 Å². The third-order valence-electron chi connectivity index (χ3n) is 2.37. The number of rotatable bonds is 6. The lowest BCUT2D eigenvalue weighted by molar-refractivity contribution is -0.140. The summed E-state index contributed by atoms with van der Waals surface area (Å²) < 4.78 is 27.5. The second-order valence-electron chi connectivity index (χ2n) is 4.43. The molecule has 0 saturated heterocycles. The Hall–Kier alpha value is -2.02. The first-order chi connectivity index (χ1) is 10.3. The van der Waals surface area contributed by atoms with E-state index in [0.717, 1.165) is 5.56 Å². The van der Waals surface area contributed by atoms with Gasteiger partial charge in [-0.15, -0.1) is 0 Å². The van der Waals surface area contributed by atoms with Crippen LogP contribution in [0.25, 0.3) is 0 Å². The van der Waals surface area contributed by atoms with Gasteiger partial charge >= 0.3 is 13.6 Å². The molecule has 0 saturated carbocycles. The summed E-state index contributed by atoms with van der Waals surface area (Å²) in [7, 11) is -3.66. The summed E-state index contributed by atoms with van der Waals surface area (Å²) in [5, 5.41) is 0. The first-order valence-corrected chi connectivity index (χ1v) is 8.24. The Morgan fingerprint density at radius 2 is 1.95 bits per heavy atom. The molecule has 1 atom stereocenters. The fourth-order valence-electron chi connectivity index (χ4n) is 1.40. The van der Waals surface area contributed by atoms with Gasteiger partial charge in [0.05, 0.1) is 6.61 Å². The molecule has 1 rings (SSSR count). The van der Waals surface area contributed by atoms with Gasteiger partial charge in [0.2, 0.25) is 0 Å². The molecular formula is C16H19O5P. The third kappa shape index (κ3) is 6.62. The lowest BCUT2D eigenvalue weighted by Crippen LogP contribution is -2.05. The summed E-state index contributed by atoms with van der Waals surface area (Å²) in [6, 6.07) is 7.42. The number of aryl methyl sites for hydroxylation is 1. The fraction of sp³-hybridized carbons (Fsp3) is 0.312. The van der Waals surface area contributed by atoms with Crippen molar-refractivity contribution in [3.05, 3.63) is 47.7 Å². The monoisotopic (exact) mass is 322 g/mol. The number of hydrogen-bond acceptors (Lipinski definition) is 5. The molecule has 5 nitrogen and oxygen atoms in total. The highest BCUT2D eigenvalue weighted by Crippen LogP contribution is 2.48. The molecule has 0 aromatic heterocycles. The predicted molar refractivity (Wildman–Crippen MR) is 84.1 cm³/mol. The van der Waals surface area contributed by atoms with Crippen molar-refractivity contribution in [3.8, 4) is 11.6 Å². The van der Waals surface area contributed by atoms with E-state index in [-0.39, 0.29) is 19.0 Å². The molecule has 0 radical (unpaired) electrons. The van der Waals surface area contributed by atoms with Crippen LogP contribution >= 0.6 is 7.60 Å². The molecule has 0 N–H and O–H groups in total. The number of ether oxygens (including phenoxy) is 1. The Bertz CT molecular complexity index is 637. The molecule has 1 unspecified atom stereocenters.